The van der Waals surface area contributed by atoms with E-state index >= 15 is 0 Å². The lowest BCUT2D eigenvalue weighted by molar-refractivity contribution is -0.130. The van der Waals surface area contributed by atoms with Gasteiger partial charge in [-0.25, -0.2) is 0 Å². The van der Waals surface area contributed by atoms with Crippen molar-refractivity contribution in [3.05, 3.63) is 71.3 Å². The molecule has 28 heavy (non-hydrogen) atoms. The van der Waals surface area contributed by atoms with Crippen LogP contribution in [0.3, 0.4) is 0 Å². The topological polar surface area (TPSA) is 72.4 Å². The molecule has 1 amide bonds. The maximum Gasteiger partial charge on any atom is 0.246 e. The quantitative estimate of drug-likeness (QED) is 0.520. The second-order valence-corrected chi connectivity index (χ2v) is 6.95. The first-order valence-corrected chi connectivity index (χ1v) is 9.11. The Kier molecular flexibility index (Phi) is 4.69. The van der Waals surface area contributed by atoms with Crippen LogP contribution in [0.25, 0.3) is 22.4 Å². The molecule has 0 aliphatic carbocycles. The molecule has 0 bridgehead atoms. The van der Waals surface area contributed by atoms with Crippen LogP contribution in [-0.4, -0.2) is 28.0 Å². The number of nitrogens with zero attached hydrogens (tertiary/aromatic N) is 3. The average Bonchev–Trinajstić information content (AvgIpc) is 3.33. The lowest BCUT2D eigenvalue weighted by Gasteiger charge is -2.14. The van der Waals surface area contributed by atoms with E-state index < -0.39 is 0 Å². The first kappa shape index (κ1) is 18.0. The zero-order valence-corrected chi connectivity index (χ0v) is 16.1. The predicted octanol–water partition coefficient (Wildman–Crippen LogP) is 4.30. The van der Waals surface area contributed by atoms with Gasteiger partial charge in [0.15, 0.2) is 0 Å². The Bertz CT molecular complexity index is 1130. The third-order valence-electron chi connectivity index (χ3n) is 4.98. The van der Waals surface area contributed by atoms with Crippen LogP contribution in [-0.2, 0) is 17.8 Å². The summed E-state index contributed by atoms with van der Waals surface area (Å²) in [7, 11) is 1.73. The van der Waals surface area contributed by atoms with Gasteiger partial charge in [-0.05, 0) is 25.0 Å². The molecule has 0 N–H and O–H groups in total. The zero-order valence-electron chi connectivity index (χ0n) is 16.1. The average molecular weight is 375 g/mol. The molecule has 0 radical (unpaired) electrons. The van der Waals surface area contributed by atoms with E-state index in [0.717, 1.165) is 27.7 Å². The van der Waals surface area contributed by atoms with Crippen LogP contribution in [0.15, 0.2) is 57.7 Å². The summed E-state index contributed by atoms with van der Waals surface area (Å²) in [5.74, 6) is 0.877. The highest BCUT2D eigenvalue weighted by Crippen LogP contribution is 2.27. The van der Waals surface area contributed by atoms with Crippen LogP contribution < -0.4 is 0 Å². The highest BCUT2D eigenvalue weighted by atomic mass is 16.5. The first-order valence-electron chi connectivity index (χ1n) is 9.11. The smallest absolute Gasteiger partial charge is 0.246 e. The second-order valence-electron chi connectivity index (χ2n) is 6.95. The van der Waals surface area contributed by atoms with Crippen molar-refractivity contribution in [2.24, 2.45) is 0 Å². The monoisotopic (exact) mass is 375 g/mol. The van der Waals surface area contributed by atoms with Gasteiger partial charge in [-0.2, -0.15) is 4.98 Å². The largest absolute Gasteiger partial charge is 0.464 e. The number of likely N-dealkylation sites (N-methyl/N-ethyl adjacent to an activating group) is 1. The number of carbonyl (C=O) groups excluding carboxylic acids is 1. The van der Waals surface area contributed by atoms with Gasteiger partial charge in [-0.15, -0.1) is 0 Å². The number of hydrogen-bond donors (Lipinski definition) is 0. The number of carbonyl (C=O) groups is 1. The Labute approximate surface area is 162 Å². The third-order valence-corrected chi connectivity index (χ3v) is 4.98. The van der Waals surface area contributed by atoms with Gasteiger partial charge in [0.1, 0.15) is 5.58 Å². The van der Waals surface area contributed by atoms with Gasteiger partial charge in [0, 0.05) is 23.6 Å². The van der Waals surface area contributed by atoms with Gasteiger partial charge in [0.05, 0.1) is 19.2 Å². The van der Waals surface area contributed by atoms with Crippen molar-refractivity contribution in [1.82, 2.24) is 15.0 Å². The Morgan fingerprint density at radius 2 is 1.89 bits per heavy atom. The molecule has 2 aromatic heterocycles. The van der Waals surface area contributed by atoms with E-state index in [1.807, 2.05) is 50.2 Å². The minimum Gasteiger partial charge on any atom is -0.464 e. The van der Waals surface area contributed by atoms with E-state index in [1.54, 1.807) is 18.2 Å². The third kappa shape index (κ3) is 3.41. The molecule has 0 aliphatic rings. The van der Waals surface area contributed by atoms with Crippen molar-refractivity contribution in [2.45, 2.75) is 26.8 Å². The molecule has 0 unspecified atom stereocenters. The van der Waals surface area contributed by atoms with Crippen molar-refractivity contribution in [2.75, 3.05) is 7.05 Å². The number of aromatic nitrogens is 2. The SMILES string of the molecule is Cc1ccc2c(CC(=O)N(C)Cc3nc(-c4ccccc4)no3)coc2c1C. The van der Waals surface area contributed by atoms with E-state index in [9.17, 15) is 4.79 Å². The Morgan fingerprint density at radius 1 is 1.11 bits per heavy atom. The zero-order chi connectivity index (χ0) is 19.7. The number of benzene rings is 2. The van der Waals surface area contributed by atoms with Crippen LogP contribution in [0, 0.1) is 13.8 Å². The molecular formula is C22H21N3O3. The number of aryl methyl sites for hydroxylation is 2. The summed E-state index contributed by atoms with van der Waals surface area (Å²) < 4.78 is 11.0. The van der Waals surface area contributed by atoms with Crippen molar-refractivity contribution in [3.8, 4) is 11.4 Å². The predicted molar refractivity (Wildman–Crippen MR) is 106 cm³/mol. The molecule has 6 heteroatoms. The number of furan rings is 1. The number of amides is 1. The molecule has 2 aromatic carbocycles. The minimum atomic E-state index is -0.0413. The Morgan fingerprint density at radius 3 is 2.68 bits per heavy atom. The Balaban J connectivity index is 1.46. The lowest BCUT2D eigenvalue weighted by Crippen LogP contribution is -2.27. The fourth-order valence-electron chi connectivity index (χ4n) is 3.14. The van der Waals surface area contributed by atoms with E-state index in [4.69, 9.17) is 8.94 Å². The molecule has 0 atom stereocenters. The van der Waals surface area contributed by atoms with Gasteiger partial charge in [0.25, 0.3) is 0 Å². The van der Waals surface area contributed by atoms with E-state index in [-0.39, 0.29) is 18.9 Å². The summed E-state index contributed by atoms with van der Waals surface area (Å²) in [5.41, 5.74) is 4.87. The first-order chi connectivity index (χ1) is 13.5. The normalized spacial score (nSPS) is 11.1. The van der Waals surface area contributed by atoms with Gasteiger partial charge in [0.2, 0.25) is 17.6 Å². The number of fused-ring (bicyclic) bond motifs is 1. The molecule has 0 spiro atoms. The molecule has 4 aromatic rings. The van der Waals surface area contributed by atoms with E-state index in [1.165, 1.54) is 5.56 Å². The summed E-state index contributed by atoms with van der Waals surface area (Å²) in [6.07, 6.45) is 1.93. The van der Waals surface area contributed by atoms with E-state index in [2.05, 4.69) is 16.2 Å². The van der Waals surface area contributed by atoms with Gasteiger partial charge in [-0.1, -0.05) is 47.6 Å². The fourth-order valence-corrected chi connectivity index (χ4v) is 3.14. The molecular weight excluding hydrogens is 354 g/mol. The summed E-state index contributed by atoms with van der Waals surface area (Å²) >= 11 is 0. The minimum absolute atomic E-state index is 0.0413. The molecule has 0 saturated carbocycles. The fraction of sp³-hybridized carbons (Fsp3) is 0.227. The van der Waals surface area contributed by atoms with Crippen molar-refractivity contribution in [1.29, 1.82) is 0 Å². The molecule has 0 fully saturated rings. The maximum atomic E-state index is 12.7. The number of rotatable bonds is 5. The van der Waals surface area contributed by atoms with Gasteiger partial charge < -0.3 is 13.8 Å². The molecule has 142 valence electrons. The maximum absolute atomic E-state index is 12.7. The van der Waals surface area contributed by atoms with Crippen molar-refractivity contribution >= 4 is 16.9 Å². The van der Waals surface area contributed by atoms with Crippen LogP contribution in [0.2, 0.25) is 0 Å². The second kappa shape index (κ2) is 7.31. The molecule has 4 rings (SSSR count). The van der Waals surface area contributed by atoms with Crippen molar-refractivity contribution in [3.63, 3.8) is 0 Å². The van der Waals surface area contributed by atoms with E-state index in [0.29, 0.717) is 11.7 Å². The molecule has 0 aliphatic heterocycles. The summed E-state index contributed by atoms with van der Waals surface area (Å²) in [5, 5.41) is 4.97. The van der Waals surface area contributed by atoms with Crippen molar-refractivity contribution < 1.29 is 13.7 Å². The summed E-state index contributed by atoms with van der Waals surface area (Å²) in [6.45, 7) is 4.33. The standard InChI is InChI=1S/C22H21N3O3/c1-14-9-10-18-17(13-27-21(18)15(14)2)11-20(26)25(3)12-19-23-22(24-28-19)16-7-5-4-6-8-16/h4-10,13H,11-12H2,1-3H3. The lowest BCUT2D eigenvalue weighted by atomic mass is 10.0. The Hall–Kier alpha value is -3.41. The molecule has 6 nitrogen and oxygen atoms in total. The van der Waals surface area contributed by atoms with Crippen LogP contribution in [0.4, 0.5) is 0 Å². The molecule has 0 saturated heterocycles. The highest BCUT2D eigenvalue weighted by Gasteiger charge is 2.18. The molecule has 2 heterocycles. The van der Waals surface area contributed by atoms with Gasteiger partial charge >= 0.3 is 0 Å². The van der Waals surface area contributed by atoms with Gasteiger partial charge in [-0.3, -0.25) is 4.79 Å². The van der Waals surface area contributed by atoms with Crippen LogP contribution in [0.5, 0.6) is 0 Å². The summed E-state index contributed by atoms with van der Waals surface area (Å²) in [6, 6.07) is 13.6. The van der Waals surface area contributed by atoms with Crippen LogP contribution >= 0.6 is 0 Å². The number of hydrogen-bond acceptors (Lipinski definition) is 5. The van der Waals surface area contributed by atoms with Crippen LogP contribution in [0.1, 0.15) is 22.6 Å². The summed E-state index contributed by atoms with van der Waals surface area (Å²) in [4.78, 5) is 18.6. The highest BCUT2D eigenvalue weighted by molar-refractivity contribution is 5.89.